The lowest BCUT2D eigenvalue weighted by Crippen LogP contribution is -2.52. The molecule has 1 atom stereocenters. The normalized spacial score (nSPS) is 25.4. The van der Waals surface area contributed by atoms with Gasteiger partial charge in [0, 0.05) is 64.7 Å². The Labute approximate surface area is 178 Å². The number of sulfonamides is 1. The second-order valence-corrected chi connectivity index (χ2v) is 10.7. The fourth-order valence-corrected chi connectivity index (χ4v) is 5.71. The van der Waals surface area contributed by atoms with Gasteiger partial charge in [-0.15, -0.1) is 0 Å². The number of nitrogens with zero attached hydrogens (tertiary/aromatic N) is 5. The van der Waals surface area contributed by atoms with Crippen molar-refractivity contribution in [3.8, 4) is 0 Å². The maximum Gasteiger partial charge on any atom is 0.225 e. The van der Waals surface area contributed by atoms with Gasteiger partial charge < -0.3 is 14.5 Å². The molecular formula is C20H31N5O4S. The number of piperidine rings is 1. The van der Waals surface area contributed by atoms with E-state index in [2.05, 4.69) is 14.9 Å². The van der Waals surface area contributed by atoms with E-state index in [1.54, 1.807) is 18.5 Å². The summed E-state index contributed by atoms with van der Waals surface area (Å²) in [5, 5.41) is 0. The zero-order valence-electron chi connectivity index (χ0n) is 17.6. The van der Waals surface area contributed by atoms with Crippen molar-refractivity contribution in [1.29, 1.82) is 0 Å². The van der Waals surface area contributed by atoms with Crippen LogP contribution in [-0.4, -0.2) is 91.2 Å². The molecule has 4 rings (SSSR count). The molecular weight excluding hydrogens is 406 g/mol. The van der Waals surface area contributed by atoms with Crippen molar-refractivity contribution in [2.24, 2.45) is 5.92 Å². The molecule has 1 amide bonds. The number of carbonyl (C=O) groups is 1. The molecule has 0 aliphatic carbocycles. The van der Waals surface area contributed by atoms with E-state index in [1.807, 2.05) is 4.90 Å². The highest BCUT2D eigenvalue weighted by Gasteiger charge is 2.42. The first kappa shape index (κ1) is 21.5. The Hall–Kier alpha value is -1.78. The Balaban J connectivity index is 1.27. The van der Waals surface area contributed by atoms with E-state index < -0.39 is 10.0 Å². The van der Waals surface area contributed by atoms with Crippen LogP contribution in [0.3, 0.4) is 0 Å². The zero-order valence-corrected chi connectivity index (χ0v) is 18.4. The number of anilines is 1. The van der Waals surface area contributed by atoms with Crippen LogP contribution in [0.1, 0.15) is 32.1 Å². The van der Waals surface area contributed by atoms with E-state index in [9.17, 15) is 13.2 Å². The summed E-state index contributed by atoms with van der Waals surface area (Å²) in [6.45, 7) is 4.52. The van der Waals surface area contributed by atoms with Crippen LogP contribution in [0.15, 0.2) is 18.5 Å². The summed E-state index contributed by atoms with van der Waals surface area (Å²) in [5.41, 5.74) is -0.270. The average molecular weight is 438 g/mol. The molecule has 9 nitrogen and oxygen atoms in total. The molecule has 0 N–H and O–H groups in total. The molecule has 3 saturated heterocycles. The lowest BCUT2D eigenvalue weighted by atomic mass is 9.78. The number of hydrogen-bond acceptors (Lipinski definition) is 7. The maximum absolute atomic E-state index is 12.9. The molecule has 3 aliphatic heterocycles. The second-order valence-electron chi connectivity index (χ2n) is 8.67. The van der Waals surface area contributed by atoms with Crippen LogP contribution in [0.5, 0.6) is 0 Å². The smallest absolute Gasteiger partial charge is 0.225 e. The molecule has 1 aromatic heterocycles. The zero-order chi connectivity index (χ0) is 21.2. The van der Waals surface area contributed by atoms with Crippen molar-refractivity contribution >= 4 is 21.9 Å². The van der Waals surface area contributed by atoms with Gasteiger partial charge in [0.25, 0.3) is 0 Å². The Kier molecular flexibility index (Phi) is 6.26. The van der Waals surface area contributed by atoms with Crippen molar-refractivity contribution in [1.82, 2.24) is 19.2 Å². The Morgan fingerprint density at radius 2 is 1.80 bits per heavy atom. The molecule has 4 heterocycles. The molecule has 1 spiro atoms. The highest BCUT2D eigenvalue weighted by Crippen LogP contribution is 2.39. The number of ether oxygens (including phenoxy) is 1. The fourth-order valence-electron chi connectivity index (χ4n) is 4.86. The van der Waals surface area contributed by atoms with Crippen LogP contribution in [0.25, 0.3) is 0 Å². The third-order valence-electron chi connectivity index (χ3n) is 6.63. The first-order chi connectivity index (χ1) is 14.3. The average Bonchev–Trinajstić information content (AvgIpc) is 2.74. The molecule has 0 bridgehead atoms. The van der Waals surface area contributed by atoms with Crippen LogP contribution in [0.2, 0.25) is 0 Å². The van der Waals surface area contributed by atoms with Gasteiger partial charge >= 0.3 is 0 Å². The minimum Gasteiger partial charge on any atom is -0.375 e. The van der Waals surface area contributed by atoms with Crippen molar-refractivity contribution < 1.29 is 17.9 Å². The topological polar surface area (TPSA) is 95.9 Å². The lowest BCUT2D eigenvalue weighted by Gasteiger charge is -2.46. The Morgan fingerprint density at radius 3 is 2.43 bits per heavy atom. The molecule has 10 heteroatoms. The van der Waals surface area contributed by atoms with Gasteiger partial charge in [-0.1, -0.05) is 0 Å². The van der Waals surface area contributed by atoms with Gasteiger partial charge in [-0.25, -0.2) is 22.7 Å². The van der Waals surface area contributed by atoms with Crippen molar-refractivity contribution in [2.75, 3.05) is 57.0 Å². The van der Waals surface area contributed by atoms with Crippen LogP contribution in [-0.2, 0) is 19.6 Å². The summed E-state index contributed by atoms with van der Waals surface area (Å²) >= 11 is 0. The monoisotopic (exact) mass is 437 g/mol. The van der Waals surface area contributed by atoms with E-state index in [1.165, 1.54) is 10.6 Å². The summed E-state index contributed by atoms with van der Waals surface area (Å²) in [7, 11) is -3.15. The maximum atomic E-state index is 12.9. The van der Waals surface area contributed by atoms with E-state index in [0.717, 1.165) is 31.9 Å². The number of hydrogen-bond donors (Lipinski definition) is 0. The molecule has 1 aromatic rings. The predicted molar refractivity (Wildman–Crippen MR) is 112 cm³/mol. The fraction of sp³-hybridized carbons (Fsp3) is 0.750. The van der Waals surface area contributed by atoms with Gasteiger partial charge in [0.1, 0.15) is 0 Å². The molecule has 1 unspecified atom stereocenters. The van der Waals surface area contributed by atoms with Crippen molar-refractivity contribution in [2.45, 2.75) is 37.7 Å². The van der Waals surface area contributed by atoms with Gasteiger partial charge in [-0.05, 0) is 37.7 Å². The molecule has 166 valence electrons. The summed E-state index contributed by atoms with van der Waals surface area (Å²) in [6.07, 6.45) is 8.43. The number of aromatic nitrogens is 2. The Bertz CT molecular complexity index is 834. The van der Waals surface area contributed by atoms with Crippen LogP contribution in [0, 0.1) is 5.92 Å². The van der Waals surface area contributed by atoms with Gasteiger partial charge in [0.2, 0.25) is 21.9 Å². The number of amides is 1. The summed E-state index contributed by atoms with van der Waals surface area (Å²) in [5.74, 6) is 1.22. The third-order valence-corrected chi connectivity index (χ3v) is 7.93. The van der Waals surface area contributed by atoms with E-state index >= 15 is 0 Å². The molecule has 0 radical (unpaired) electrons. The summed E-state index contributed by atoms with van der Waals surface area (Å²) < 4.78 is 31.2. The van der Waals surface area contributed by atoms with E-state index in [-0.39, 0.29) is 11.5 Å². The van der Waals surface area contributed by atoms with Crippen molar-refractivity contribution in [3.05, 3.63) is 18.5 Å². The van der Waals surface area contributed by atoms with Crippen LogP contribution >= 0.6 is 0 Å². The molecule has 0 aromatic carbocycles. The van der Waals surface area contributed by atoms with E-state index in [4.69, 9.17) is 4.74 Å². The van der Waals surface area contributed by atoms with E-state index in [0.29, 0.717) is 58.0 Å². The summed E-state index contributed by atoms with van der Waals surface area (Å²) in [6, 6.07) is 1.80. The Morgan fingerprint density at radius 1 is 1.13 bits per heavy atom. The minimum atomic E-state index is -3.15. The number of piperazine rings is 1. The third kappa shape index (κ3) is 4.92. The quantitative estimate of drug-likeness (QED) is 0.685. The van der Waals surface area contributed by atoms with Gasteiger partial charge in [0.05, 0.1) is 11.9 Å². The molecule has 3 aliphatic rings. The highest BCUT2D eigenvalue weighted by atomic mass is 32.2. The van der Waals surface area contributed by atoms with Crippen molar-refractivity contribution in [3.63, 3.8) is 0 Å². The predicted octanol–water partition coefficient (Wildman–Crippen LogP) is 0.736. The van der Waals surface area contributed by atoms with Crippen LogP contribution in [0.4, 0.5) is 5.95 Å². The molecule has 3 fully saturated rings. The van der Waals surface area contributed by atoms with Gasteiger partial charge in [0.15, 0.2) is 0 Å². The summed E-state index contributed by atoms with van der Waals surface area (Å²) in [4.78, 5) is 25.6. The largest absolute Gasteiger partial charge is 0.375 e. The lowest BCUT2D eigenvalue weighted by molar-refractivity contribution is -0.140. The number of carbonyl (C=O) groups excluding carboxylic acids is 1. The molecule has 0 saturated carbocycles. The van der Waals surface area contributed by atoms with Crippen LogP contribution < -0.4 is 4.90 Å². The minimum absolute atomic E-state index is 0.208. The highest BCUT2D eigenvalue weighted by molar-refractivity contribution is 7.88. The van der Waals surface area contributed by atoms with Gasteiger partial charge in [-0.2, -0.15) is 0 Å². The molecule has 30 heavy (non-hydrogen) atoms. The number of rotatable bonds is 4. The first-order valence-electron chi connectivity index (χ1n) is 10.7. The second kappa shape index (κ2) is 8.76. The standard InChI is InChI=1S/C20H31N5O4S/c1-30(27,28)25-8-4-20(5-9-25)16-17(3-14-29-20)15-18(26)23-10-12-24(13-11-23)19-21-6-2-7-22-19/h2,6-7,17H,3-5,8-16H2,1H3. The SMILES string of the molecule is CS(=O)(=O)N1CCC2(CC1)CC(CC(=O)N1CCN(c3ncccn3)CC1)CCO2. The van der Waals surface area contributed by atoms with Gasteiger partial charge in [-0.3, -0.25) is 4.79 Å². The first-order valence-corrected chi connectivity index (χ1v) is 12.6.